The first-order chi connectivity index (χ1) is 11.9. The van der Waals surface area contributed by atoms with Gasteiger partial charge in [-0.1, -0.05) is 0 Å². The minimum absolute atomic E-state index is 0.0379. The van der Waals surface area contributed by atoms with Crippen LogP contribution in [0.1, 0.15) is 36.0 Å². The Morgan fingerprint density at radius 3 is 2.64 bits per heavy atom. The lowest BCUT2D eigenvalue weighted by atomic mass is 10.2. The van der Waals surface area contributed by atoms with Crippen LogP contribution >= 0.6 is 15.9 Å². The highest BCUT2D eigenvalue weighted by Crippen LogP contribution is 2.25. The molecular weight excluding hydrogens is 406 g/mol. The summed E-state index contributed by atoms with van der Waals surface area (Å²) in [6.07, 6.45) is 4.19. The van der Waals surface area contributed by atoms with E-state index in [0.29, 0.717) is 16.6 Å². The Kier molecular flexibility index (Phi) is 5.82. The normalized spacial score (nSPS) is 18.5. The highest BCUT2D eigenvalue weighted by molar-refractivity contribution is 9.10. The van der Waals surface area contributed by atoms with Crippen molar-refractivity contribution >= 4 is 31.9 Å². The van der Waals surface area contributed by atoms with Gasteiger partial charge in [-0.05, 0) is 72.9 Å². The number of nitrogens with one attached hydrogen (secondary N) is 1. The van der Waals surface area contributed by atoms with E-state index in [1.54, 1.807) is 18.0 Å². The van der Waals surface area contributed by atoms with Crippen LogP contribution in [-0.2, 0) is 10.0 Å². The fourth-order valence-corrected chi connectivity index (χ4v) is 4.68. The van der Waals surface area contributed by atoms with Gasteiger partial charge < -0.3 is 9.80 Å². The molecule has 1 heterocycles. The number of nitrogens with zero attached hydrogens (tertiary/aromatic N) is 2. The lowest BCUT2D eigenvalue weighted by Crippen LogP contribution is -2.35. The van der Waals surface area contributed by atoms with E-state index in [-0.39, 0.29) is 16.8 Å². The first-order valence-electron chi connectivity index (χ1n) is 8.66. The second-order valence-electron chi connectivity index (χ2n) is 6.81. The molecule has 1 saturated heterocycles. The van der Waals surface area contributed by atoms with Gasteiger partial charge in [0.25, 0.3) is 5.91 Å². The van der Waals surface area contributed by atoms with Crippen LogP contribution in [0, 0.1) is 0 Å². The van der Waals surface area contributed by atoms with Crippen molar-refractivity contribution in [2.75, 3.05) is 33.2 Å². The van der Waals surface area contributed by atoms with Gasteiger partial charge in [-0.15, -0.1) is 0 Å². The summed E-state index contributed by atoms with van der Waals surface area (Å²) in [5.41, 5.74) is 0.377. The van der Waals surface area contributed by atoms with E-state index in [0.717, 1.165) is 32.5 Å². The summed E-state index contributed by atoms with van der Waals surface area (Å²) in [6.45, 7) is 3.65. The molecule has 1 N–H and O–H groups in total. The number of rotatable bonds is 7. The summed E-state index contributed by atoms with van der Waals surface area (Å²) in [4.78, 5) is 16.9. The molecule has 2 fully saturated rings. The van der Waals surface area contributed by atoms with E-state index in [1.165, 1.54) is 25.0 Å². The molecule has 1 saturated carbocycles. The van der Waals surface area contributed by atoms with E-state index in [4.69, 9.17) is 0 Å². The van der Waals surface area contributed by atoms with E-state index >= 15 is 0 Å². The molecule has 1 aromatic carbocycles. The Labute approximate surface area is 157 Å². The van der Waals surface area contributed by atoms with Crippen molar-refractivity contribution in [2.24, 2.45) is 0 Å². The summed E-state index contributed by atoms with van der Waals surface area (Å²) in [5, 5.41) is 0. The Bertz CT molecular complexity index is 744. The Morgan fingerprint density at radius 1 is 1.32 bits per heavy atom. The minimum Gasteiger partial charge on any atom is -0.340 e. The standard InChI is InChI=1S/C17H24BrN3O3S/c1-20(10-11-21-8-2-3-9-21)17(22)15-12-14(6-7-16(15)18)25(23,24)19-13-4-5-13/h6-7,12-13,19H,2-5,8-11H2,1H3. The van der Waals surface area contributed by atoms with E-state index in [1.807, 2.05) is 0 Å². The number of halogens is 1. The number of hydrogen-bond acceptors (Lipinski definition) is 4. The quantitative estimate of drug-likeness (QED) is 0.719. The van der Waals surface area contributed by atoms with Gasteiger partial charge in [-0.2, -0.15) is 0 Å². The monoisotopic (exact) mass is 429 g/mol. The second kappa shape index (κ2) is 7.73. The zero-order chi connectivity index (χ0) is 18.0. The highest BCUT2D eigenvalue weighted by atomic mass is 79.9. The Hall–Kier alpha value is -0.960. The molecule has 0 radical (unpaired) electrons. The molecule has 1 amide bonds. The molecule has 2 aliphatic rings. The molecule has 1 aliphatic carbocycles. The molecule has 0 unspecified atom stereocenters. The van der Waals surface area contributed by atoms with Crippen LogP contribution in [0.5, 0.6) is 0 Å². The third-order valence-corrected chi connectivity index (χ3v) is 6.88. The van der Waals surface area contributed by atoms with E-state index < -0.39 is 10.0 Å². The predicted molar refractivity (Wildman–Crippen MR) is 100 cm³/mol. The van der Waals surface area contributed by atoms with Crippen molar-refractivity contribution in [3.8, 4) is 0 Å². The van der Waals surface area contributed by atoms with Crippen molar-refractivity contribution < 1.29 is 13.2 Å². The highest BCUT2D eigenvalue weighted by Gasteiger charge is 2.29. The number of likely N-dealkylation sites (N-methyl/N-ethyl adjacent to an activating group) is 1. The predicted octanol–water partition coefficient (Wildman–Crippen LogP) is 2.06. The first kappa shape index (κ1) is 18.8. The summed E-state index contributed by atoms with van der Waals surface area (Å²) < 4.78 is 28.0. The lowest BCUT2D eigenvalue weighted by molar-refractivity contribution is 0.0781. The minimum atomic E-state index is -3.57. The third kappa shape index (κ3) is 4.81. The second-order valence-corrected chi connectivity index (χ2v) is 9.38. The van der Waals surface area contributed by atoms with Crippen LogP contribution < -0.4 is 4.72 Å². The fourth-order valence-electron chi connectivity index (χ4n) is 2.93. The largest absolute Gasteiger partial charge is 0.340 e. The van der Waals surface area contributed by atoms with Crippen molar-refractivity contribution in [2.45, 2.75) is 36.6 Å². The zero-order valence-electron chi connectivity index (χ0n) is 14.4. The molecular formula is C17H24BrN3O3S. The molecule has 6 nitrogen and oxygen atoms in total. The van der Waals surface area contributed by atoms with Crippen LogP contribution in [-0.4, -0.2) is 63.4 Å². The van der Waals surface area contributed by atoms with Gasteiger partial charge in [0.05, 0.1) is 10.5 Å². The number of benzene rings is 1. The van der Waals surface area contributed by atoms with Crippen molar-refractivity contribution in [3.63, 3.8) is 0 Å². The van der Waals surface area contributed by atoms with Gasteiger partial charge in [-0.3, -0.25) is 4.79 Å². The van der Waals surface area contributed by atoms with Crippen LogP contribution in [0.25, 0.3) is 0 Å². The SMILES string of the molecule is CN(CCN1CCCC1)C(=O)c1cc(S(=O)(=O)NC2CC2)ccc1Br. The van der Waals surface area contributed by atoms with Crippen molar-refractivity contribution in [1.82, 2.24) is 14.5 Å². The van der Waals surface area contributed by atoms with Crippen molar-refractivity contribution in [3.05, 3.63) is 28.2 Å². The molecule has 3 rings (SSSR count). The van der Waals surface area contributed by atoms with Gasteiger partial charge in [0.2, 0.25) is 10.0 Å². The Balaban J connectivity index is 1.71. The number of amides is 1. The van der Waals surface area contributed by atoms with Gasteiger partial charge in [0.15, 0.2) is 0 Å². The third-order valence-electron chi connectivity index (χ3n) is 4.67. The van der Waals surface area contributed by atoms with Gasteiger partial charge in [0, 0.05) is 30.7 Å². The van der Waals surface area contributed by atoms with E-state index in [9.17, 15) is 13.2 Å². The molecule has 8 heteroatoms. The maximum atomic E-state index is 12.7. The average molecular weight is 430 g/mol. The van der Waals surface area contributed by atoms with Crippen LogP contribution in [0.15, 0.2) is 27.6 Å². The summed E-state index contributed by atoms with van der Waals surface area (Å²) in [6, 6.07) is 4.65. The van der Waals surface area contributed by atoms with Gasteiger partial charge >= 0.3 is 0 Å². The number of carbonyl (C=O) groups excluding carboxylic acids is 1. The van der Waals surface area contributed by atoms with Crippen LogP contribution in [0.2, 0.25) is 0 Å². The molecule has 0 aromatic heterocycles. The number of sulfonamides is 1. The topological polar surface area (TPSA) is 69.7 Å². The fraction of sp³-hybridized carbons (Fsp3) is 0.588. The molecule has 0 bridgehead atoms. The smallest absolute Gasteiger partial charge is 0.254 e. The molecule has 138 valence electrons. The van der Waals surface area contributed by atoms with Crippen LogP contribution in [0.3, 0.4) is 0 Å². The summed E-state index contributed by atoms with van der Waals surface area (Å²) in [5.74, 6) is -0.172. The molecule has 1 aromatic rings. The maximum absolute atomic E-state index is 12.7. The van der Waals surface area contributed by atoms with Gasteiger partial charge in [0.1, 0.15) is 0 Å². The summed E-state index contributed by atoms with van der Waals surface area (Å²) >= 11 is 3.37. The number of likely N-dealkylation sites (tertiary alicyclic amines) is 1. The zero-order valence-corrected chi connectivity index (χ0v) is 16.8. The number of hydrogen-bond donors (Lipinski definition) is 1. The maximum Gasteiger partial charge on any atom is 0.254 e. The van der Waals surface area contributed by atoms with E-state index in [2.05, 4.69) is 25.6 Å². The molecule has 25 heavy (non-hydrogen) atoms. The molecule has 1 aliphatic heterocycles. The van der Waals surface area contributed by atoms with Crippen LogP contribution in [0.4, 0.5) is 0 Å². The lowest BCUT2D eigenvalue weighted by Gasteiger charge is -2.22. The average Bonchev–Trinajstić information content (AvgIpc) is 3.22. The van der Waals surface area contributed by atoms with Crippen molar-refractivity contribution in [1.29, 1.82) is 0 Å². The first-order valence-corrected chi connectivity index (χ1v) is 10.9. The molecule has 0 atom stereocenters. The van der Waals surface area contributed by atoms with Gasteiger partial charge in [-0.25, -0.2) is 13.1 Å². The summed E-state index contributed by atoms with van der Waals surface area (Å²) in [7, 11) is -1.81. The Morgan fingerprint density at radius 2 is 2.00 bits per heavy atom. The number of carbonyl (C=O) groups is 1. The molecule has 0 spiro atoms.